The second kappa shape index (κ2) is 6.04. The van der Waals surface area contributed by atoms with Gasteiger partial charge in [0, 0.05) is 13.0 Å². The van der Waals surface area contributed by atoms with E-state index in [2.05, 4.69) is 19.1 Å². The molecule has 3 nitrogen and oxygen atoms in total. The van der Waals surface area contributed by atoms with Crippen molar-refractivity contribution in [3.05, 3.63) is 70.4 Å². The molecule has 3 atom stereocenters. The maximum absolute atomic E-state index is 6.26. The highest BCUT2D eigenvalue weighted by Crippen LogP contribution is 2.48. The largest absolute Gasteiger partial charge is 0.463 e. The van der Waals surface area contributed by atoms with Crippen molar-refractivity contribution in [1.29, 1.82) is 0 Å². The van der Waals surface area contributed by atoms with Crippen LogP contribution in [0.5, 0.6) is 5.75 Å². The molecule has 1 aliphatic rings. The number of ether oxygens (including phenoxy) is 2. The highest BCUT2D eigenvalue weighted by atomic mass is 32.1. The number of fused-ring (bicyclic) bond motifs is 3. The molecule has 0 radical (unpaired) electrons. The second-order valence-corrected chi connectivity index (χ2v) is 6.45. The van der Waals surface area contributed by atoms with Gasteiger partial charge in [-0.05, 0) is 29.9 Å². The van der Waals surface area contributed by atoms with E-state index in [1.165, 1.54) is 5.56 Å². The summed E-state index contributed by atoms with van der Waals surface area (Å²) in [5, 5.41) is 0.932. The molecule has 2 heterocycles. The van der Waals surface area contributed by atoms with E-state index in [0.717, 1.165) is 22.3 Å². The van der Waals surface area contributed by atoms with Gasteiger partial charge in [-0.3, -0.25) is 0 Å². The van der Waals surface area contributed by atoms with Crippen LogP contribution in [0.1, 0.15) is 29.9 Å². The van der Waals surface area contributed by atoms with Crippen molar-refractivity contribution in [2.45, 2.75) is 25.0 Å². The van der Waals surface area contributed by atoms with Crippen LogP contribution in [0.2, 0.25) is 0 Å². The molecule has 2 aromatic carbocycles. The van der Waals surface area contributed by atoms with Crippen LogP contribution in [-0.2, 0) is 4.74 Å². The van der Waals surface area contributed by atoms with Gasteiger partial charge in [-0.15, -0.1) is 0 Å². The van der Waals surface area contributed by atoms with Crippen molar-refractivity contribution in [3.63, 3.8) is 0 Å². The van der Waals surface area contributed by atoms with Gasteiger partial charge in [0.1, 0.15) is 11.3 Å². The maximum atomic E-state index is 6.26. The van der Waals surface area contributed by atoms with Crippen LogP contribution >= 0.6 is 12.2 Å². The third kappa shape index (κ3) is 2.34. The second-order valence-electron chi connectivity index (χ2n) is 6.08. The number of benzene rings is 2. The molecular formula is C20H18O3S. The van der Waals surface area contributed by atoms with Gasteiger partial charge >= 0.3 is 0 Å². The zero-order chi connectivity index (χ0) is 16.7. The Kier molecular flexibility index (Phi) is 3.87. The number of hydrogen-bond donors (Lipinski definition) is 0. The Morgan fingerprint density at radius 1 is 1.00 bits per heavy atom. The van der Waals surface area contributed by atoms with Crippen molar-refractivity contribution in [2.24, 2.45) is 0 Å². The fraction of sp³-hybridized carbons (Fsp3) is 0.250. The molecule has 0 saturated carbocycles. The predicted octanol–water partition coefficient (Wildman–Crippen LogP) is 5.41. The summed E-state index contributed by atoms with van der Waals surface area (Å²) in [6.45, 7) is 2.16. The summed E-state index contributed by atoms with van der Waals surface area (Å²) in [5.74, 6) is 0.970. The molecule has 1 aromatic heterocycles. The summed E-state index contributed by atoms with van der Waals surface area (Å²) >= 11 is 5.53. The zero-order valence-corrected chi connectivity index (χ0v) is 14.4. The van der Waals surface area contributed by atoms with E-state index in [1.807, 2.05) is 42.5 Å². The molecule has 24 heavy (non-hydrogen) atoms. The fourth-order valence-electron chi connectivity index (χ4n) is 3.58. The Labute approximate surface area is 145 Å². The SMILES string of the molecule is COC1Oc2c(c(=S)oc3ccccc23)C(C)C1c1ccccc1. The Morgan fingerprint density at radius 3 is 2.46 bits per heavy atom. The minimum Gasteiger partial charge on any atom is -0.463 e. The molecule has 3 unspecified atom stereocenters. The van der Waals surface area contributed by atoms with Gasteiger partial charge in [0.2, 0.25) is 6.29 Å². The monoisotopic (exact) mass is 338 g/mol. The van der Waals surface area contributed by atoms with Crippen LogP contribution in [0.15, 0.2) is 59.0 Å². The summed E-state index contributed by atoms with van der Waals surface area (Å²) in [5.41, 5.74) is 2.86. The average Bonchev–Trinajstić information content (AvgIpc) is 2.61. The summed E-state index contributed by atoms with van der Waals surface area (Å²) < 4.78 is 18.3. The standard InChI is InChI=1S/C20H18O3S/c1-12-16(13-8-4-3-5-9-13)19(21-2)23-18-14-10-6-7-11-15(14)22-20(24)17(12)18/h3-12,16,19H,1-2H3. The van der Waals surface area contributed by atoms with Crippen molar-refractivity contribution in [3.8, 4) is 5.75 Å². The Balaban J connectivity index is 1.94. The van der Waals surface area contributed by atoms with E-state index in [-0.39, 0.29) is 18.1 Å². The van der Waals surface area contributed by atoms with E-state index in [9.17, 15) is 0 Å². The van der Waals surface area contributed by atoms with E-state index in [0.29, 0.717) is 4.71 Å². The molecule has 0 spiro atoms. The van der Waals surface area contributed by atoms with Gasteiger partial charge in [0.05, 0.1) is 16.9 Å². The Morgan fingerprint density at radius 2 is 1.71 bits per heavy atom. The van der Waals surface area contributed by atoms with Crippen molar-refractivity contribution < 1.29 is 13.9 Å². The van der Waals surface area contributed by atoms with Gasteiger partial charge in [0.15, 0.2) is 4.71 Å². The predicted molar refractivity (Wildman–Crippen MR) is 96.1 cm³/mol. The minimum atomic E-state index is -0.366. The summed E-state index contributed by atoms with van der Waals surface area (Å²) in [6.07, 6.45) is -0.366. The summed E-state index contributed by atoms with van der Waals surface area (Å²) in [4.78, 5) is 0. The van der Waals surface area contributed by atoms with Gasteiger partial charge in [-0.2, -0.15) is 0 Å². The van der Waals surface area contributed by atoms with Crippen LogP contribution in [0.4, 0.5) is 0 Å². The normalized spacial score (nSPS) is 22.8. The Hall–Kier alpha value is -2.17. The van der Waals surface area contributed by atoms with Crippen molar-refractivity contribution >= 4 is 23.2 Å². The topological polar surface area (TPSA) is 31.6 Å². The molecule has 0 N–H and O–H groups in total. The summed E-state index contributed by atoms with van der Waals surface area (Å²) in [6, 6.07) is 18.1. The van der Waals surface area contributed by atoms with E-state index in [1.54, 1.807) is 7.11 Å². The lowest BCUT2D eigenvalue weighted by atomic mass is 9.80. The molecule has 3 aromatic rings. The molecule has 0 fully saturated rings. The number of methoxy groups -OCH3 is 1. The van der Waals surface area contributed by atoms with Crippen LogP contribution in [0, 0.1) is 4.71 Å². The molecule has 0 aliphatic carbocycles. The average molecular weight is 338 g/mol. The molecule has 4 heteroatoms. The number of hydrogen-bond acceptors (Lipinski definition) is 4. The third-order valence-electron chi connectivity index (χ3n) is 4.74. The third-order valence-corrected chi connectivity index (χ3v) is 5.04. The van der Waals surface area contributed by atoms with E-state index >= 15 is 0 Å². The van der Waals surface area contributed by atoms with Gasteiger partial charge in [-0.25, -0.2) is 0 Å². The first kappa shape index (κ1) is 15.4. The van der Waals surface area contributed by atoms with Gasteiger partial charge < -0.3 is 13.9 Å². The fourth-order valence-corrected chi connectivity index (χ4v) is 3.94. The molecule has 4 rings (SSSR count). The van der Waals surface area contributed by atoms with Crippen LogP contribution in [0.3, 0.4) is 0 Å². The number of rotatable bonds is 2. The minimum absolute atomic E-state index is 0.0572. The first-order valence-corrected chi connectivity index (χ1v) is 8.41. The quantitative estimate of drug-likeness (QED) is 0.584. The highest BCUT2D eigenvalue weighted by Gasteiger charge is 2.39. The maximum Gasteiger partial charge on any atom is 0.207 e. The Bertz CT molecular complexity index is 933. The lowest BCUT2D eigenvalue weighted by molar-refractivity contribution is -0.0851. The zero-order valence-electron chi connectivity index (χ0n) is 13.6. The number of para-hydroxylation sites is 1. The van der Waals surface area contributed by atoms with E-state index in [4.69, 9.17) is 26.1 Å². The lowest BCUT2D eigenvalue weighted by Gasteiger charge is -2.37. The highest BCUT2D eigenvalue weighted by molar-refractivity contribution is 7.71. The van der Waals surface area contributed by atoms with Crippen LogP contribution < -0.4 is 4.74 Å². The van der Waals surface area contributed by atoms with Crippen LogP contribution in [-0.4, -0.2) is 13.4 Å². The van der Waals surface area contributed by atoms with Crippen molar-refractivity contribution in [2.75, 3.05) is 7.11 Å². The molecular weight excluding hydrogens is 320 g/mol. The van der Waals surface area contributed by atoms with E-state index < -0.39 is 0 Å². The van der Waals surface area contributed by atoms with Gasteiger partial charge in [0.25, 0.3) is 0 Å². The van der Waals surface area contributed by atoms with Crippen LogP contribution in [0.25, 0.3) is 11.0 Å². The molecule has 0 bridgehead atoms. The van der Waals surface area contributed by atoms with Gasteiger partial charge in [-0.1, -0.05) is 49.4 Å². The molecule has 1 aliphatic heterocycles. The van der Waals surface area contributed by atoms with Crippen molar-refractivity contribution in [1.82, 2.24) is 0 Å². The lowest BCUT2D eigenvalue weighted by Crippen LogP contribution is -2.35. The smallest absolute Gasteiger partial charge is 0.207 e. The first-order valence-electron chi connectivity index (χ1n) is 8.01. The first-order chi connectivity index (χ1) is 11.7. The molecule has 0 amide bonds. The summed E-state index contributed by atoms with van der Waals surface area (Å²) in [7, 11) is 1.68. The molecule has 122 valence electrons. The molecule has 0 saturated heterocycles.